The van der Waals surface area contributed by atoms with Crippen LogP contribution in [0.25, 0.3) is 6.08 Å². The van der Waals surface area contributed by atoms with Gasteiger partial charge in [0.15, 0.2) is 0 Å². The van der Waals surface area contributed by atoms with Crippen molar-refractivity contribution in [2.24, 2.45) is 0 Å². The summed E-state index contributed by atoms with van der Waals surface area (Å²) in [5.41, 5.74) is 2.48. The summed E-state index contributed by atoms with van der Waals surface area (Å²) in [7, 11) is 1.65. The van der Waals surface area contributed by atoms with E-state index in [0.717, 1.165) is 16.9 Å². The summed E-state index contributed by atoms with van der Waals surface area (Å²) < 4.78 is 5.10. The van der Waals surface area contributed by atoms with E-state index in [2.05, 4.69) is 0 Å². The van der Waals surface area contributed by atoms with E-state index in [1.807, 2.05) is 60.7 Å². The molecule has 0 amide bonds. The first kappa shape index (κ1) is 12.1. The summed E-state index contributed by atoms with van der Waals surface area (Å²) in [6, 6.07) is 17.4. The van der Waals surface area contributed by atoms with Gasteiger partial charge < -0.3 is 10.1 Å². The Morgan fingerprint density at radius 2 is 1.67 bits per heavy atom. The van der Waals surface area contributed by atoms with Crippen LogP contribution in [-0.2, 0) is 0 Å². The number of allylic oxidation sites excluding steroid dienone is 1. The molecule has 0 fully saturated rings. The number of benzene rings is 2. The van der Waals surface area contributed by atoms with Crippen molar-refractivity contribution < 1.29 is 4.74 Å². The first-order chi connectivity index (χ1) is 8.79. The van der Waals surface area contributed by atoms with Crippen molar-refractivity contribution in [3.8, 4) is 5.75 Å². The Morgan fingerprint density at radius 3 is 2.28 bits per heavy atom. The molecule has 1 N–H and O–H groups in total. The van der Waals surface area contributed by atoms with E-state index in [1.54, 1.807) is 13.2 Å². The molecule has 0 atom stereocenters. The number of methoxy groups -OCH3 is 1. The van der Waals surface area contributed by atoms with Crippen molar-refractivity contribution in [3.05, 3.63) is 71.8 Å². The van der Waals surface area contributed by atoms with Gasteiger partial charge in [-0.3, -0.25) is 0 Å². The molecule has 2 heteroatoms. The molecule has 0 aliphatic carbocycles. The second-order valence-electron chi connectivity index (χ2n) is 3.89. The second kappa shape index (κ2) is 5.82. The van der Waals surface area contributed by atoms with Crippen molar-refractivity contribution in [2.45, 2.75) is 0 Å². The monoisotopic (exact) mass is 237 g/mol. The highest BCUT2D eigenvalue weighted by Crippen LogP contribution is 2.12. The molecule has 0 saturated carbocycles. The average Bonchev–Trinajstić information content (AvgIpc) is 2.46. The SMILES string of the molecule is COc1ccc(/C=C/C(=N)c2ccccc2)cc1. The predicted molar refractivity (Wildman–Crippen MR) is 75.3 cm³/mol. The molecule has 0 unspecified atom stereocenters. The summed E-state index contributed by atoms with van der Waals surface area (Å²) in [6.07, 6.45) is 3.73. The lowest BCUT2D eigenvalue weighted by molar-refractivity contribution is 0.415. The lowest BCUT2D eigenvalue weighted by Crippen LogP contribution is -1.92. The third-order valence-corrected chi connectivity index (χ3v) is 2.64. The van der Waals surface area contributed by atoms with Crippen LogP contribution in [0.4, 0.5) is 0 Å². The Hall–Kier alpha value is -2.35. The fourth-order valence-electron chi connectivity index (χ4n) is 1.61. The van der Waals surface area contributed by atoms with Crippen molar-refractivity contribution in [1.82, 2.24) is 0 Å². The van der Waals surface area contributed by atoms with Crippen LogP contribution in [0.1, 0.15) is 11.1 Å². The Morgan fingerprint density at radius 1 is 1.00 bits per heavy atom. The van der Waals surface area contributed by atoms with Gasteiger partial charge >= 0.3 is 0 Å². The second-order valence-corrected chi connectivity index (χ2v) is 3.89. The fourth-order valence-corrected chi connectivity index (χ4v) is 1.61. The third kappa shape index (κ3) is 3.08. The van der Waals surface area contributed by atoms with Crippen molar-refractivity contribution in [3.63, 3.8) is 0 Å². The largest absolute Gasteiger partial charge is 0.497 e. The van der Waals surface area contributed by atoms with Crippen LogP contribution in [0.15, 0.2) is 60.7 Å². The lowest BCUT2D eigenvalue weighted by Gasteiger charge is -2.00. The van der Waals surface area contributed by atoms with Crippen LogP contribution >= 0.6 is 0 Å². The molecule has 0 aromatic heterocycles. The zero-order valence-corrected chi connectivity index (χ0v) is 10.3. The highest BCUT2D eigenvalue weighted by molar-refractivity contribution is 6.08. The molecule has 0 spiro atoms. The van der Waals surface area contributed by atoms with Gasteiger partial charge in [0, 0.05) is 0 Å². The summed E-state index contributed by atoms with van der Waals surface area (Å²) in [5.74, 6) is 0.838. The van der Waals surface area contributed by atoms with Gasteiger partial charge in [0.2, 0.25) is 0 Å². The van der Waals surface area contributed by atoms with E-state index >= 15 is 0 Å². The number of rotatable bonds is 4. The van der Waals surface area contributed by atoms with Crippen molar-refractivity contribution >= 4 is 11.8 Å². The van der Waals surface area contributed by atoms with E-state index < -0.39 is 0 Å². The molecular formula is C16H15NO. The molecule has 0 aliphatic heterocycles. The van der Waals surface area contributed by atoms with Gasteiger partial charge in [-0.25, -0.2) is 0 Å². The molecule has 2 aromatic carbocycles. The Balaban J connectivity index is 2.08. The van der Waals surface area contributed by atoms with E-state index in [-0.39, 0.29) is 0 Å². The standard InChI is InChI=1S/C16H15NO/c1-18-15-10-7-13(8-11-15)9-12-16(17)14-5-3-2-4-6-14/h2-12,17H,1H3/b12-9+,17-16?. The van der Waals surface area contributed by atoms with Crippen LogP contribution in [0.5, 0.6) is 5.75 Å². The van der Waals surface area contributed by atoms with E-state index in [1.165, 1.54) is 0 Å². The van der Waals surface area contributed by atoms with Crippen LogP contribution in [-0.4, -0.2) is 12.8 Å². The van der Waals surface area contributed by atoms with Crippen LogP contribution in [0, 0.1) is 5.41 Å². The first-order valence-corrected chi connectivity index (χ1v) is 5.76. The summed E-state index contributed by atoms with van der Waals surface area (Å²) in [5, 5.41) is 7.95. The highest BCUT2D eigenvalue weighted by atomic mass is 16.5. The first-order valence-electron chi connectivity index (χ1n) is 5.76. The van der Waals surface area contributed by atoms with Gasteiger partial charge in [0.25, 0.3) is 0 Å². The number of ether oxygens (including phenoxy) is 1. The fraction of sp³-hybridized carbons (Fsp3) is 0.0625. The number of hydrogen-bond donors (Lipinski definition) is 1. The van der Waals surface area contributed by atoms with E-state index in [9.17, 15) is 0 Å². The number of hydrogen-bond acceptors (Lipinski definition) is 2. The maximum atomic E-state index is 7.95. The summed E-state index contributed by atoms with van der Waals surface area (Å²) in [4.78, 5) is 0. The molecule has 90 valence electrons. The maximum absolute atomic E-state index is 7.95. The Kier molecular flexibility index (Phi) is 3.92. The Bertz CT molecular complexity index is 541. The normalized spacial score (nSPS) is 10.5. The van der Waals surface area contributed by atoms with Crippen LogP contribution in [0.3, 0.4) is 0 Å². The van der Waals surface area contributed by atoms with E-state index in [4.69, 9.17) is 10.1 Å². The molecule has 18 heavy (non-hydrogen) atoms. The van der Waals surface area contributed by atoms with Gasteiger partial charge in [0.05, 0.1) is 12.8 Å². The smallest absolute Gasteiger partial charge is 0.118 e. The molecule has 2 aromatic rings. The van der Waals surface area contributed by atoms with Gasteiger partial charge in [-0.1, -0.05) is 48.5 Å². The van der Waals surface area contributed by atoms with Crippen molar-refractivity contribution in [2.75, 3.05) is 7.11 Å². The van der Waals surface area contributed by atoms with Crippen LogP contribution < -0.4 is 4.74 Å². The van der Waals surface area contributed by atoms with Gasteiger partial charge in [-0.2, -0.15) is 0 Å². The molecule has 0 heterocycles. The average molecular weight is 237 g/mol. The lowest BCUT2D eigenvalue weighted by atomic mass is 10.1. The minimum atomic E-state index is 0.506. The number of nitrogens with one attached hydrogen (secondary N) is 1. The molecule has 2 nitrogen and oxygen atoms in total. The quantitative estimate of drug-likeness (QED) is 0.806. The predicted octanol–water partition coefficient (Wildman–Crippen LogP) is 3.78. The molecular weight excluding hydrogens is 222 g/mol. The van der Waals surface area contributed by atoms with Crippen LogP contribution in [0.2, 0.25) is 0 Å². The van der Waals surface area contributed by atoms with Gasteiger partial charge in [0.1, 0.15) is 5.75 Å². The van der Waals surface area contributed by atoms with Gasteiger partial charge in [-0.05, 0) is 29.3 Å². The highest BCUT2D eigenvalue weighted by Gasteiger charge is 1.95. The summed E-state index contributed by atoms with van der Waals surface area (Å²) >= 11 is 0. The van der Waals surface area contributed by atoms with Gasteiger partial charge in [-0.15, -0.1) is 0 Å². The Labute approximate surface area is 107 Å². The molecule has 0 radical (unpaired) electrons. The molecule has 0 saturated heterocycles. The zero-order chi connectivity index (χ0) is 12.8. The minimum absolute atomic E-state index is 0.506. The minimum Gasteiger partial charge on any atom is -0.497 e. The maximum Gasteiger partial charge on any atom is 0.118 e. The summed E-state index contributed by atoms with van der Waals surface area (Å²) in [6.45, 7) is 0. The molecule has 0 aliphatic rings. The van der Waals surface area contributed by atoms with Crippen molar-refractivity contribution in [1.29, 1.82) is 5.41 Å². The topological polar surface area (TPSA) is 33.1 Å². The molecule has 2 rings (SSSR count). The molecule has 0 bridgehead atoms. The van der Waals surface area contributed by atoms with E-state index in [0.29, 0.717) is 5.71 Å². The third-order valence-electron chi connectivity index (χ3n) is 2.64. The zero-order valence-electron chi connectivity index (χ0n) is 10.3.